The lowest BCUT2D eigenvalue weighted by molar-refractivity contribution is 0.507. The highest BCUT2D eigenvalue weighted by Gasteiger charge is 2.25. The van der Waals surface area contributed by atoms with Crippen LogP contribution < -0.4 is 4.72 Å². The van der Waals surface area contributed by atoms with E-state index in [9.17, 15) is 8.42 Å². The standard InChI is InChI=1S/C16H15Cl2NO2S/c17-14-9-8-12(10-15(14)18)22(20,21)19-16-7-3-5-11-4-1-2-6-13(11)16/h1-2,4,6,8-10,16,19H,3,5,7H2/t16-/m1/s1. The van der Waals surface area contributed by atoms with E-state index in [1.807, 2.05) is 18.2 Å². The number of nitrogens with one attached hydrogen (secondary N) is 1. The summed E-state index contributed by atoms with van der Waals surface area (Å²) in [6.07, 6.45) is 2.74. The molecule has 0 saturated carbocycles. The zero-order chi connectivity index (χ0) is 15.7. The third kappa shape index (κ3) is 3.15. The number of fused-ring (bicyclic) bond motifs is 1. The van der Waals surface area contributed by atoms with E-state index in [1.165, 1.54) is 23.8 Å². The number of hydrogen-bond acceptors (Lipinski definition) is 2. The zero-order valence-electron chi connectivity index (χ0n) is 11.7. The number of halogens is 2. The first-order chi connectivity index (χ1) is 10.5. The molecule has 0 spiro atoms. The van der Waals surface area contributed by atoms with E-state index in [4.69, 9.17) is 23.2 Å². The van der Waals surface area contributed by atoms with Crippen LogP contribution >= 0.6 is 23.2 Å². The summed E-state index contributed by atoms with van der Waals surface area (Å²) in [6, 6.07) is 12.1. The SMILES string of the molecule is O=S(=O)(N[C@@H]1CCCc2ccccc21)c1ccc(Cl)c(Cl)c1. The normalized spacial score (nSPS) is 18.0. The van der Waals surface area contributed by atoms with Crippen LogP contribution in [0.15, 0.2) is 47.4 Å². The average Bonchev–Trinajstić information content (AvgIpc) is 2.50. The molecule has 3 nitrogen and oxygen atoms in total. The van der Waals surface area contributed by atoms with Crippen LogP contribution in [0.4, 0.5) is 0 Å². The second-order valence-electron chi connectivity index (χ2n) is 5.34. The van der Waals surface area contributed by atoms with Gasteiger partial charge in [-0.25, -0.2) is 13.1 Å². The van der Waals surface area contributed by atoms with E-state index < -0.39 is 10.0 Å². The van der Waals surface area contributed by atoms with Gasteiger partial charge in [-0.3, -0.25) is 0 Å². The number of aryl methyl sites for hydroxylation is 1. The van der Waals surface area contributed by atoms with Crippen LogP contribution in [0, 0.1) is 0 Å². The molecule has 0 unspecified atom stereocenters. The Labute approximate surface area is 140 Å². The Balaban J connectivity index is 1.91. The molecule has 0 aromatic heterocycles. The van der Waals surface area contributed by atoms with Gasteiger partial charge in [0.15, 0.2) is 0 Å². The zero-order valence-corrected chi connectivity index (χ0v) is 14.0. The minimum atomic E-state index is -3.63. The first kappa shape index (κ1) is 15.8. The highest BCUT2D eigenvalue weighted by molar-refractivity contribution is 7.89. The van der Waals surface area contributed by atoms with Crippen LogP contribution in [0.3, 0.4) is 0 Å². The highest BCUT2D eigenvalue weighted by atomic mass is 35.5. The van der Waals surface area contributed by atoms with Crippen molar-refractivity contribution in [2.45, 2.75) is 30.2 Å². The number of benzene rings is 2. The number of rotatable bonds is 3. The van der Waals surface area contributed by atoms with Crippen LogP contribution in [0.2, 0.25) is 10.0 Å². The van der Waals surface area contributed by atoms with Gasteiger partial charge in [0.1, 0.15) is 0 Å². The van der Waals surface area contributed by atoms with E-state index in [0.29, 0.717) is 5.02 Å². The number of hydrogen-bond donors (Lipinski definition) is 1. The third-order valence-electron chi connectivity index (χ3n) is 3.87. The van der Waals surface area contributed by atoms with Crippen molar-refractivity contribution in [1.82, 2.24) is 4.72 Å². The van der Waals surface area contributed by atoms with Crippen LogP contribution in [0.1, 0.15) is 30.0 Å². The quantitative estimate of drug-likeness (QED) is 0.889. The van der Waals surface area contributed by atoms with Crippen molar-refractivity contribution in [2.75, 3.05) is 0 Å². The van der Waals surface area contributed by atoms with Gasteiger partial charge in [0.05, 0.1) is 14.9 Å². The largest absolute Gasteiger partial charge is 0.241 e. The van der Waals surface area contributed by atoms with Gasteiger partial charge >= 0.3 is 0 Å². The molecule has 1 aliphatic rings. The second kappa shape index (κ2) is 6.20. The fraction of sp³-hybridized carbons (Fsp3) is 0.250. The molecular weight excluding hydrogens is 341 g/mol. The maximum atomic E-state index is 12.6. The van der Waals surface area contributed by atoms with Gasteiger partial charge in [0, 0.05) is 6.04 Å². The Morgan fingerprint density at radius 1 is 1.05 bits per heavy atom. The molecule has 0 saturated heterocycles. The molecule has 2 aromatic carbocycles. The van der Waals surface area contributed by atoms with Crippen molar-refractivity contribution in [2.24, 2.45) is 0 Å². The summed E-state index contributed by atoms with van der Waals surface area (Å²) in [6.45, 7) is 0. The molecule has 0 radical (unpaired) electrons. The molecule has 116 valence electrons. The summed E-state index contributed by atoms with van der Waals surface area (Å²) in [5.41, 5.74) is 2.26. The summed E-state index contributed by atoms with van der Waals surface area (Å²) >= 11 is 11.8. The Morgan fingerprint density at radius 2 is 1.82 bits per heavy atom. The summed E-state index contributed by atoms with van der Waals surface area (Å²) in [5.74, 6) is 0. The van der Waals surface area contributed by atoms with Crippen LogP contribution in [0.5, 0.6) is 0 Å². The van der Waals surface area contributed by atoms with Crippen molar-refractivity contribution in [3.8, 4) is 0 Å². The Bertz CT molecular complexity index is 806. The van der Waals surface area contributed by atoms with Gasteiger partial charge in [-0.2, -0.15) is 0 Å². The topological polar surface area (TPSA) is 46.2 Å². The van der Waals surface area contributed by atoms with Crippen LogP contribution in [0.25, 0.3) is 0 Å². The molecule has 2 aromatic rings. The maximum absolute atomic E-state index is 12.6. The van der Waals surface area contributed by atoms with E-state index in [0.717, 1.165) is 24.8 Å². The van der Waals surface area contributed by atoms with E-state index in [2.05, 4.69) is 10.8 Å². The van der Waals surface area contributed by atoms with Gasteiger partial charge < -0.3 is 0 Å². The molecule has 1 N–H and O–H groups in total. The second-order valence-corrected chi connectivity index (χ2v) is 7.87. The summed E-state index contributed by atoms with van der Waals surface area (Å²) in [5, 5.41) is 0.567. The first-order valence-corrected chi connectivity index (χ1v) is 9.26. The molecule has 3 rings (SSSR count). The summed E-state index contributed by atoms with van der Waals surface area (Å²) in [7, 11) is -3.63. The number of sulfonamides is 1. The van der Waals surface area contributed by atoms with E-state index >= 15 is 0 Å². The van der Waals surface area contributed by atoms with Crippen molar-refractivity contribution < 1.29 is 8.42 Å². The minimum absolute atomic E-state index is 0.130. The van der Waals surface area contributed by atoms with E-state index in [1.54, 1.807) is 0 Å². The average molecular weight is 356 g/mol. The van der Waals surface area contributed by atoms with Gasteiger partial charge in [-0.15, -0.1) is 0 Å². The highest BCUT2D eigenvalue weighted by Crippen LogP contribution is 2.31. The first-order valence-electron chi connectivity index (χ1n) is 7.02. The molecule has 0 amide bonds. The lowest BCUT2D eigenvalue weighted by Gasteiger charge is -2.26. The molecule has 1 aliphatic carbocycles. The predicted molar refractivity (Wildman–Crippen MR) is 88.9 cm³/mol. The summed E-state index contributed by atoms with van der Waals surface area (Å²) < 4.78 is 27.9. The molecule has 1 atom stereocenters. The Kier molecular flexibility index (Phi) is 4.46. The van der Waals surface area contributed by atoms with Crippen molar-refractivity contribution in [1.29, 1.82) is 0 Å². The summed E-state index contributed by atoms with van der Waals surface area (Å²) in [4.78, 5) is 0.130. The molecule has 22 heavy (non-hydrogen) atoms. The molecule has 0 heterocycles. The van der Waals surface area contributed by atoms with Crippen molar-refractivity contribution in [3.05, 3.63) is 63.6 Å². The van der Waals surface area contributed by atoms with Gasteiger partial charge in [-0.05, 0) is 48.6 Å². The molecule has 0 aliphatic heterocycles. The van der Waals surface area contributed by atoms with Crippen LogP contribution in [-0.2, 0) is 16.4 Å². The predicted octanol–water partition coefficient (Wildman–Crippen LogP) is 4.35. The molecule has 0 fully saturated rings. The molecule has 0 bridgehead atoms. The monoisotopic (exact) mass is 355 g/mol. The van der Waals surface area contributed by atoms with Gasteiger partial charge in [0.2, 0.25) is 10.0 Å². The molecular formula is C16H15Cl2NO2S. The lowest BCUT2D eigenvalue weighted by Crippen LogP contribution is -2.31. The maximum Gasteiger partial charge on any atom is 0.241 e. The lowest BCUT2D eigenvalue weighted by atomic mass is 9.88. The minimum Gasteiger partial charge on any atom is -0.207 e. The van der Waals surface area contributed by atoms with Gasteiger partial charge in [0.25, 0.3) is 0 Å². The van der Waals surface area contributed by atoms with Crippen molar-refractivity contribution >= 4 is 33.2 Å². The van der Waals surface area contributed by atoms with Crippen LogP contribution in [-0.4, -0.2) is 8.42 Å². The molecule has 6 heteroatoms. The Morgan fingerprint density at radius 3 is 2.59 bits per heavy atom. The van der Waals surface area contributed by atoms with Crippen molar-refractivity contribution in [3.63, 3.8) is 0 Å². The van der Waals surface area contributed by atoms with E-state index in [-0.39, 0.29) is 16.0 Å². The fourth-order valence-corrected chi connectivity index (χ4v) is 4.41. The fourth-order valence-electron chi connectivity index (χ4n) is 2.78. The third-order valence-corrected chi connectivity index (χ3v) is 6.08. The van der Waals surface area contributed by atoms with Gasteiger partial charge in [-0.1, -0.05) is 47.5 Å². The Hall–Kier alpha value is -1.07. The smallest absolute Gasteiger partial charge is 0.207 e.